The summed E-state index contributed by atoms with van der Waals surface area (Å²) in [4.78, 5) is 36.1. The van der Waals surface area contributed by atoms with Crippen molar-refractivity contribution < 1.29 is 29.6 Å². The molecule has 1 saturated carbocycles. The first-order valence-corrected chi connectivity index (χ1v) is 16.0. The first-order chi connectivity index (χ1) is 21.4. The molecule has 2 aliphatic carbocycles. The summed E-state index contributed by atoms with van der Waals surface area (Å²) in [5.74, 6) is -0.543. The SMILES string of the molecule is CC1=C(/C=C/C(C)=C/C=C/C(C)=C/C=C/C=C(C)/C=C/C=C(\C)C2C=C3C(C)(C)CC(O)C(=O)C3(C)OO2)C(C)(C)CC(O)C1=O. The average Bonchev–Trinajstić information content (AvgIpc) is 2.96. The summed E-state index contributed by atoms with van der Waals surface area (Å²) >= 11 is 0. The van der Waals surface area contributed by atoms with Gasteiger partial charge in [-0.25, -0.2) is 9.78 Å². The maximum atomic E-state index is 12.7. The summed E-state index contributed by atoms with van der Waals surface area (Å²) in [5, 5.41) is 20.3. The summed E-state index contributed by atoms with van der Waals surface area (Å²) in [6.45, 7) is 19.7. The molecular formula is C40H52O6. The second-order valence-electron chi connectivity index (χ2n) is 14.3. The third-order valence-electron chi connectivity index (χ3n) is 9.09. The third kappa shape index (κ3) is 8.89. The highest BCUT2D eigenvalue weighted by Crippen LogP contribution is 2.48. The first-order valence-electron chi connectivity index (χ1n) is 16.0. The maximum absolute atomic E-state index is 12.7. The second kappa shape index (κ2) is 15.0. The molecule has 6 heteroatoms. The molecule has 248 valence electrons. The number of aliphatic hydroxyl groups is 2. The number of Topliss-reactive ketones (excluding diaryl/α,β-unsaturated/α-hetero) is 2. The molecule has 0 radical (unpaired) electrons. The quantitative estimate of drug-likeness (QED) is 0.153. The van der Waals surface area contributed by atoms with Gasteiger partial charge in [0.1, 0.15) is 18.3 Å². The molecule has 1 fully saturated rings. The Morgan fingerprint density at radius 3 is 1.89 bits per heavy atom. The zero-order chi connectivity index (χ0) is 34.4. The summed E-state index contributed by atoms with van der Waals surface area (Å²) in [7, 11) is 0. The Hall–Kier alpha value is -3.42. The minimum atomic E-state index is -1.27. The van der Waals surface area contributed by atoms with Gasteiger partial charge < -0.3 is 10.2 Å². The number of carbonyl (C=O) groups excluding carboxylic acids is 2. The van der Waals surface area contributed by atoms with Crippen LogP contribution in [0.4, 0.5) is 0 Å². The van der Waals surface area contributed by atoms with Gasteiger partial charge in [-0.15, -0.1) is 0 Å². The largest absolute Gasteiger partial charge is 0.385 e. The highest BCUT2D eigenvalue weighted by atomic mass is 17.2. The molecule has 0 amide bonds. The molecule has 4 atom stereocenters. The molecular weight excluding hydrogens is 576 g/mol. The van der Waals surface area contributed by atoms with Crippen LogP contribution in [-0.2, 0) is 19.4 Å². The van der Waals surface area contributed by atoms with E-state index in [1.165, 1.54) is 0 Å². The molecule has 0 aromatic carbocycles. The predicted molar refractivity (Wildman–Crippen MR) is 186 cm³/mol. The number of fused-ring (bicyclic) bond motifs is 1. The van der Waals surface area contributed by atoms with E-state index >= 15 is 0 Å². The van der Waals surface area contributed by atoms with Crippen LogP contribution in [0.3, 0.4) is 0 Å². The predicted octanol–water partition coefficient (Wildman–Crippen LogP) is 8.05. The Kier molecular flexibility index (Phi) is 12.1. The van der Waals surface area contributed by atoms with Gasteiger partial charge in [-0.1, -0.05) is 117 Å². The van der Waals surface area contributed by atoms with Crippen molar-refractivity contribution in [2.45, 2.75) is 106 Å². The van der Waals surface area contributed by atoms with Crippen LogP contribution < -0.4 is 0 Å². The van der Waals surface area contributed by atoms with E-state index in [-0.39, 0.29) is 22.4 Å². The monoisotopic (exact) mass is 628 g/mol. The maximum Gasteiger partial charge on any atom is 0.200 e. The van der Waals surface area contributed by atoms with Gasteiger partial charge in [0.05, 0.1) is 0 Å². The highest BCUT2D eigenvalue weighted by molar-refractivity contribution is 6.00. The molecule has 2 N–H and O–H groups in total. The smallest absolute Gasteiger partial charge is 0.200 e. The molecule has 1 aliphatic heterocycles. The number of hydrogen-bond donors (Lipinski definition) is 2. The Morgan fingerprint density at radius 1 is 0.761 bits per heavy atom. The van der Waals surface area contributed by atoms with E-state index in [0.717, 1.165) is 33.4 Å². The first kappa shape index (κ1) is 37.0. The van der Waals surface area contributed by atoms with Gasteiger partial charge >= 0.3 is 0 Å². The highest BCUT2D eigenvalue weighted by Gasteiger charge is 2.55. The number of rotatable bonds is 9. The van der Waals surface area contributed by atoms with Crippen molar-refractivity contribution in [2.24, 2.45) is 10.8 Å². The van der Waals surface area contributed by atoms with Crippen LogP contribution in [0, 0.1) is 10.8 Å². The molecule has 46 heavy (non-hydrogen) atoms. The van der Waals surface area contributed by atoms with E-state index in [0.29, 0.717) is 18.4 Å². The van der Waals surface area contributed by atoms with Crippen LogP contribution in [0.15, 0.2) is 118 Å². The lowest BCUT2D eigenvalue weighted by molar-refractivity contribution is -0.361. The number of ketones is 2. The molecule has 3 rings (SSSR count). The van der Waals surface area contributed by atoms with E-state index in [4.69, 9.17) is 9.78 Å². The molecule has 6 nitrogen and oxygen atoms in total. The lowest BCUT2D eigenvalue weighted by Gasteiger charge is -2.48. The third-order valence-corrected chi connectivity index (χ3v) is 9.09. The zero-order valence-electron chi connectivity index (χ0n) is 29.2. The molecule has 0 bridgehead atoms. The number of carbonyl (C=O) groups is 2. The molecule has 4 unspecified atom stereocenters. The fourth-order valence-corrected chi connectivity index (χ4v) is 6.31. The van der Waals surface area contributed by atoms with Crippen LogP contribution in [0.1, 0.15) is 82.1 Å². The van der Waals surface area contributed by atoms with Crippen molar-refractivity contribution in [3.8, 4) is 0 Å². The van der Waals surface area contributed by atoms with Gasteiger partial charge in [0, 0.05) is 0 Å². The van der Waals surface area contributed by atoms with Crippen molar-refractivity contribution in [1.82, 2.24) is 0 Å². The standard InChI is InChI=1S/C40H52O6/c1-26(17-13-18-28(3)21-22-31-30(5)36(43)32(41)24-38(31,6)7)15-11-12-16-27(2)19-14-20-29(4)34-23-35-39(8,9)25-33(42)37(44)40(35,10)46-45-34/h11-23,32-34,41-42H,24-25H2,1-10H3/b12-11+,17-13+,19-14+,22-21+,26-15+,27-16+,28-18+,29-20+. The van der Waals surface area contributed by atoms with Crippen molar-refractivity contribution >= 4 is 11.6 Å². The number of hydrogen-bond acceptors (Lipinski definition) is 6. The summed E-state index contributed by atoms with van der Waals surface area (Å²) in [6.07, 6.45) is 24.5. The molecule has 3 aliphatic rings. The fourth-order valence-electron chi connectivity index (χ4n) is 6.31. The Labute approximate surface area is 275 Å². The molecule has 0 aromatic rings. The minimum Gasteiger partial charge on any atom is -0.385 e. The van der Waals surface area contributed by atoms with Crippen LogP contribution in [0.5, 0.6) is 0 Å². The van der Waals surface area contributed by atoms with Gasteiger partial charge in [0.2, 0.25) is 0 Å². The topological polar surface area (TPSA) is 93.1 Å². The van der Waals surface area contributed by atoms with Crippen molar-refractivity contribution in [3.63, 3.8) is 0 Å². The summed E-state index contributed by atoms with van der Waals surface area (Å²) in [5.41, 5.74) is 4.74. The lowest BCUT2D eigenvalue weighted by atomic mass is 9.63. The second-order valence-corrected chi connectivity index (χ2v) is 14.3. The number of aliphatic hydroxyl groups excluding tert-OH is 2. The average molecular weight is 629 g/mol. The van der Waals surface area contributed by atoms with Crippen LogP contribution in [0.2, 0.25) is 0 Å². The summed E-state index contributed by atoms with van der Waals surface area (Å²) < 4.78 is 0. The van der Waals surface area contributed by atoms with Gasteiger partial charge in [0.15, 0.2) is 17.2 Å². The van der Waals surface area contributed by atoms with Gasteiger partial charge in [-0.05, 0) is 93.6 Å². The number of allylic oxidation sites excluding steroid dienone is 16. The van der Waals surface area contributed by atoms with Crippen LogP contribution in [-0.4, -0.2) is 45.7 Å². The fraction of sp³-hybridized carbons (Fsp3) is 0.450. The van der Waals surface area contributed by atoms with E-state index < -0.39 is 23.9 Å². The molecule has 0 saturated heterocycles. The van der Waals surface area contributed by atoms with Crippen LogP contribution in [0.25, 0.3) is 0 Å². The zero-order valence-corrected chi connectivity index (χ0v) is 29.2. The van der Waals surface area contributed by atoms with E-state index in [2.05, 4.69) is 13.8 Å². The normalized spacial score (nSPS) is 29.9. The lowest BCUT2D eigenvalue weighted by Crippen LogP contribution is -2.57. The van der Waals surface area contributed by atoms with E-state index in [1.807, 2.05) is 121 Å². The van der Waals surface area contributed by atoms with Gasteiger partial charge in [-0.2, -0.15) is 0 Å². The summed E-state index contributed by atoms with van der Waals surface area (Å²) in [6, 6.07) is 0. The van der Waals surface area contributed by atoms with Crippen molar-refractivity contribution in [3.05, 3.63) is 118 Å². The molecule has 0 spiro atoms. The Bertz CT molecular complexity index is 1510. The molecule has 0 aromatic heterocycles. The molecule has 1 heterocycles. The van der Waals surface area contributed by atoms with Gasteiger partial charge in [-0.3, -0.25) is 9.59 Å². The minimum absolute atomic E-state index is 0.180. The van der Waals surface area contributed by atoms with E-state index in [9.17, 15) is 19.8 Å². The van der Waals surface area contributed by atoms with Crippen molar-refractivity contribution in [2.75, 3.05) is 0 Å². The van der Waals surface area contributed by atoms with Gasteiger partial charge in [0.25, 0.3) is 0 Å². The van der Waals surface area contributed by atoms with Crippen molar-refractivity contribution in [1.29, 1.82) is 0 Å². The Morgan fingerprint density at radius 2 is 1.28 bits per heavy atom. The Balaban J connectivity index is 1.57. The van der Waals surface area contributed by atoms with Crippen LogP contribution >= 0.6 is 0 Å². The van der Waals surface area contributed by atoms with E-state index in [1.54, 1.807) is 13.8 Å².